The van der Waals surface area contributed by atoms with Crippen LogP contribution in [-0.4, -0.2) is 45.9 Å². The van der Waals surface area contributed by atoms with Gasteiger partial charge in [0.05, 0.1) is 0 Å². The largest absolute Gasteiger partial charge is 0.343 e. The Hall–Kier alpha value is -1.42. The molecule has 0 unspecified atom stereocenters. The van der Waals surface area contributed by atoms with Crippen molar-refractivity contribution in [2.75, 3.05) is 19.6 Å². The maximum Gasteiger partial charge on any atom is 0.222 e. The third kappa shape index (κ3) is 3.17. The van der Waals surface area contributed by atoms with Gasteiger partial charge in [-0.3, -0.25) is 14.7 Å². The average molecular weight is 301 g/mol. The molecule has 2 aliphatic rings. The first-order valence-corrected chi connectivity index (χ1v) is 8.65. The number of amides is 1. The molecule has 2 aliphatic heterocycles. The zero-order chi connectivity index (χ0) is 15.4. The fourth-order valence-corrected chi connectivity index (χ4v) is 4.06. The van der Waals surface area contributed by atoms with Crippen molar-refractivity contribution in [1.82, 2.24) is 14.8 Å². The highest BCUT2D eigenvalue weighted by Gasteiger charge is 2.43. The summed E-state index contributed by atoms with van der Waals surface area (Å²) in [6, 6.07) is 4.18. The Bertz CT molecular complexity index is 494. The van der Waals surface area contributed by atoms with E-state index in [1.54, 1.807) is 0 Å². The van der Waals surface area contributed by atoms with Gasteiger partial charge < -0.3 is 4.90 Å². The van der Waals surface area contributed by atoms with Crippen LogP contribution in [0.3, 0.4) is 0 Å². The topological polar surface area (TPSA) is 36.4 Å². The second-order valence-electron chi connectivity index (χ2n) is 6.74. The summed E-state index contributed by atoms with van der Waals surface area (Å²) < 4.78 is 0. The van der Waals surface area contributed by atoms with Crippen LogP contribution in [-0.2, 0) is 11.3 Å². The molecule has 22 heavy (non-hydrogen) atoms. The number of hydrogen-bond donors (Lipinski definition) is 0. The number of hydrogen-bond acceptors (Lipinski definition) is 3. The number of rotatable bonds is 4. The minimum atomic E-state index is 0.318. The van der Waals surface area contributed by atoms with Crippen molar-refractivity contribution in [3.05, 3.63) is 30.1 Å². The molecule has 1 aromatic rings. The van der Waals surface area contributed by atoms with Gasteiger partial charge in [-0.05, 0) is 50.3 Å². The number of piperidine rings is 1. The molecule has 0 bridgehead atoms. The highest BCUT2D eigenvalue weighted by Crippen LogP contribution is 2.39. The third-order valence-corrected chi connectivity index (χ3v) is 5.35. The number of aromatic nitrogens is 1. The normalized spacial score (nSPS) is 21.4. The molecule has 0 saturated carbocycles. The molecule has 1 amide bonds. The van der Waals surface area contributed by atoms with Crippen LogP contribution in [0.4, 0.5) is 0 Å². The van der Waals surface area contributed by atoms with E-state index in [0.29, 0.717) is 17.9 Å². The van der Waals surface area contributed by atoms with Crippen molar-refractivity contribution >= 4 is 5.91 Å². The van der Waals surface area contributed by atoms with E-state index in [2.05, 4.69) is 27.8 Å². The molecular weight excluding hydrogens is 274 g/mol. The van der Waals surface area contributed by atoms with Gasteiger partial charge in [0, 0.05) is 44.0 Å². The fraction of sp³-hybridized carbons (Fsp3) is 0.667. The highest BCUT2D eigenvalue weighted by molar-refractivity contribution is 5.76. The first kappa shape index (κ1) is 15.5. The van der Waals surface area contributed by atoms with Gasteiger partial charge in [-0.2, -0.15) is 0 Å². The van der Waals surface area contributed by atoms with Crippen LogP contribution in [0.5, 0.6) is 0 Å². The SMILES string of the molecule is CCCC(=O)N1CCC2(CCCN2Cc2cccnc2)CC1. The van der Waals surface area contributed by atoms with E-state index >= 15 is 0 Å². The smallest absolute Gasteiger partial charge is 0.222 e. The molecule has 0 atom stereocenters. The van der Waals surface area contributed by atoms with E-state index in [1.165, 1.54) is 24.9 Å². The summed E-state index contributed by atoms with van der Waals surface area (Å²) in [6.45, 7) is 6.12. The van der Waals surface area contributed by atoms with E-state index in [-0.39, 0.29) is 0 Å². The Morgan fingerprint density at radius 2 is 2.09 bits per heavy atom. The summed E-state index contributed by atoms with van der Waals surface area (Å²) in [7, 11) is 0. The summed E-state index contributed by atoms with van der Waals surface area (Å²) in [5.41, 5.74) is 1.62. The second-order valence-corrected chi connectivity index (χ2v) is 6.74. The van der Waals surface area contributed by atoms with Crippen molar-refractivity contribution in [3.63, 3.8) is 0 Å². The number of likely N-dealkylation sites (tertiary alicyclic amines) is 2. The van der Waals surface area contributed by atoms with Crippen molar-refractivity contribution < 1.29 is 4.79 Å². The van der Waals surface area contributed by atoms with E-state index in [0.717, 1.165) is 38.9 Å². The predicted molar refractivity (Wildman–Crippen MR) is 87.3 cm³/mol. The molecule has 1 aromatic heterocycles. The summed E-state index contributed by atoms with van der Waals surface area (Å²) >= 11 is 0. The zero-order valence-corrected chi connectivity index (χ0v) is 13.6. The molecule has 2 fully saturated rings. The minimum Gasteiger partial charge on any atom is -0.343 e. The third-order valence-electron chi connectivity index (χ3n) is 5.35. The average Bonchev–Trinajstić information content (AvgIpc) is 2.91. The molecule has 0 aromatic carbocycles. The van der Waals surface area contributed by atoms with E-state index in [4.69, 9.17) is 0 Å². The van der Waals surface area contributed by atoms with Crippen LogP contribution in [0.1, 0.15) is 51.0 Å². The number of carbonyl (C=O) groups excluding carboxylic acids is 1. The van der Waals surface area contributed by atoms with Crippen molar-refractivity contribution in [3.8, 4) is 0 Å². The monoisotopic (exact) mass is 301 g/mol. The molecule has 0 aliphatic carbocycles. The van der Waals surface area contributed by atoms with Gasteiger partial charge in [-0.15, -0.1) is 0 Å². The van der Waals surface area contributed by atoms with Crippen LogP contribution in [0.15, 0.2) is 24.5 Å². The lowest BCUT2D eigenvalue weighted by Gasteiger charge is -2.45. The molecule has 0 radical (unpaired) electrons. The van der Waals surface area contributed by atoms with Crippen molar-refractivity contribution in [2.45, 2.75) is 57.5 Å². The first-order valence-electron chi connectivity index (χ1n) is 8.65. The van der Waals surface area contributed by atoms with Gasteiger partial charge in [0.1, 0.15) is 0 Å². The molecule has 120 valence electrons. The second kappa shape index (κ2) is 6.78. The molecule has 0 N–H and O–H groups in total. The quantitative estimate of drug-likeness (QED) is 0.858. The summed E-state index contributed by atoms with van der Waals surface area (Å²) in [5, 5.41) is 0. The molecule has 2 saturated heterocycles. The van der Waals surface area contributed by atoms with E-state index in [9.17, 15) is 4.79 Å². The summed E-state index contributed by atoms with van der Waals surface area (Å²) in [4.78, 5) is 21.0. The van der Waals surface area contributed by atoms with Gasteiger partial charge in [0.25, 0.3) is 0 Å². The zero-order valence-electron chi connectivity index (χ0n) is 13.6. The molecule has 1 spiro atoms. The van der Waals surface area contributed by atoms with Gasteiger partial charge in [0.15, 0.2) is 0 Å². The molecule has 3 heterocycles. The minimum absolute atomic E-state index is 0.318. The van der Waals surface area contributed by atoms with Gasteiger partial charge >= 0.3 is 0 Å². The lowest BCUT2D eigenvalue weighted by molar-refractivity contribution is -0.133. The fourth-order valence-electron chi connectivity index (χ4n) is 4.06. The van der Waals surface area contributed by atoms with Gasteiger partial charge in [-0.1, -0.05) is 13.0 Å². The Kier molecular flexibility index (Phi) is 4.77. The van der Waals surface area contributed by atoms with Crippen LogP contribution in [0.25, 0.3) is 0 Å². The van der Waals surface area contributed by atoms with E-state index < -0.39 is 0 Å². The maximum atomic E-state index is 12.1. The first-order chi connectivity index (χ1) is 10.7. The Balaban J connectivity index is 1.62. The molecule has 4 nitrogen and oxygen atoms in total. The maximum absolute atomic E-state index is 12.1. The number of pyridine rings is 1. The standard InChI is InChI=1S/C18H27N3O/c1-2-5-17(22)20-12-8-18(9-13-20)7-4-11-21(18)15-16-6-3-10-19-14-16/h3,6,10,14H,2,4-5,7-9,11-13,15H2,1H3. The van der Waals surface area contributed by atoms with Crippen LogP contribution in [0, 0.1) is 0 Å². The summed E-state index contributed by atoms with van der Waals surface area (Å²) in [6.07, 6.45) is 10.3. The lowest BCUT2D eigenvalue weighted by atomic mass is 9.84. The Morgan fingerprint density at radius 1 is 1.27 bits per heavy atom. The molecule has 3 rings (SSSR count). The Morgan fingerprint density at radius 3 is 2.77 bits per heavy atom. The summed E-state index contributed by atoms with van der Waals surface area (Å²) in [5.74, 6) is 0.342. The van der Waals surface area contributed by atoms with Crippen LogP contribution in [0.2, 0.25) is 0 Å². The van der Waals surface area contributed by atoms with Crippen LogP contribution < -0.4 is 0 Å². The van der Waals surface area contributed by atoms with Crippen molar-refractivity contribution in [1.29, 1.82) is 0 Å². The van der Waals surface area contributed by atoms with Gasteiger partial charge in [-0.25, -0.2) is 0 Å². The van der Waals surface area contributed by atoms with Crippen LogP contribution >= 0.6 is 0 Å². The number of carbonyl (C=O) groups is 1. The Labute approximate surface area is 133 Å². The van der Waals surface area contributed by atoms with E-state index in [1.807, 2.05) is 18.5 Å². The lowest BCUT2D eigenvalue weighted by Crippen LogP contribution is -2.52. The van der Waals surface area contributed by atoms with Gasteiger partial charge in [0.2, 0.25) is 5.91 Å². The number of nitrogens with zero attached hydrogens (tertiary/aromatic N) is 3. The van der Waals surface area contributed by atoms with Crippen molar-refractivity contribution in [2.24, 2.45) is 0 Å². The predicted octanol–water partition coefficient (Wildman–Crippen LogP) is 2.84. The molecular formula is C18H27N3O. The molecule has 4 heteroatoms. The highest BCUT2D eigenvalue weighted by atomic mass is 16.2.